The summed E-state index contributed by atoms with van der Waals surface area (Å²) in [6, 6.07) is 10.3. The van der Waals surface area contributed by atoms with Crippen LogP contribution in [0.25, 0.3) is 10.9 Å². The van der Waals surface area contributed by atoms with Crippen molar-refractivity contribution < 1.29 is 35.8 Å². The van der Waals surface area contributed by atoms with Crippen molar-refractivity contribution in [2.75, 3.05) is 50.2 Å². The van der Waals surface area contributed by atoms with Crippen molar-refractivity contribution in [1.82, 2.24) is 9.47 Å². The van der Waals surface area contributed by atoms with Crippen molar-refractivity contribution in [1.29, 1.82) is 0 Å². The number of methoxy groups -OCH3 is 1. The van der Waals surface area contributed by atoms with Crippen LogP contribution in [0.4, 0.5) is 28.9 Å². The minimum Gasteiger partial charge on any atom is -0.495 e. The second kappa shape index (κ2) is 12.8. The fourth-order valence-electron chi connectivity index (χ4n) is 5.06. The Hall–Kier alpha value is -3.47. The molecule has 0 unspecified atom stereocenters. The third-order valence-electron chi connectivity index (χ3n) is 6.96. The number of nitrogens with one attached hydrogen (secondary N) is 2. The fraction of sp³-hybridized carbons (Fsp3) is 0.448. The molecule has 1 saturated heterocycles. The molecule has 13 heteroatoms. The number of benzene rings is 2. The van der Waals surface area contributed by atoms with Crippen LogP contribution in [0.3, 0.4) is 0 Å². The summed E-state index contributed by atoms with van der Waals surface area (Å²) in [6.07, 6.45) is -4.74. The van der Waals surface area contributed by atoms with E-state index in [9.17, 15) is 26.7 Å². The van der Waals surface area contributed by atoms with E-state index < -0.39 is 40.9 Å². The summed E-state index contributed by atoms with van der Waals surface area (Å²) in [5.41, 5.74) is 1.44. The number of fused-ring (bicyclic) bond motifs is 1. The van der Waals surface area contributed by atoms with Gasteiger partial charge >= 0.3 is 6.18 Å². The lowest BCUT2D eigenvalue weighted by Gasteiger charge is -2.36. The second-order valence-electron chi connectivity index (χ2n) is 10.4. The van der Waals surface area contributed by atoms with Crippen LogP contribution in [0.2, 0.25) is 0 Å². The van der Waals surface area contributed by atoms with Gasteiger partial charge in [0, 0.05) is 43.0 Å². The zero-order valence-corrected chi connectivity index (χ0v) is 24.3. The zero-order chi connectivity index (χ0) is 30.7. The molecule has 0 aliphatic carbocycles. The number of ether oxygens (including phenoxy) is 1. The summed E-state index contributed by atoms with van der Waals surface area (Å²) in [4.78, 5) is 1.94. The van der Waals surface area contributed by atoms with Gasteiger partial charge in [0.1, 0.15) is 18.5 Å². The Kier molecular flexibility index (Phi) is 9.60. The molecule has 1 aliphatic heterocycles. The van der Waals surface area contributed by atoms with Crippen molar-refractivity contribution in [3.8, 4) is 17.6 Å². The van der Waals surface area contributed by atoms with E-state index in [1.807, 2.05) is 4.90 Å². The number of rotatable bonds is 9. The van der Waals surface area contributed by atoms with Gasteiger partial charge in [-0.15, -0.1) is 0 Å². The summed E-state index contributed by atoms with van der Waals surface area (Å²) >= 11 is 0. The molecule has 1 fully saturated rings. The standard InChI is InChI=1S/C29H34F4N4O4S/c1-19(38)16-36-13-11-25(23(30)17-36)35-24-7-4-8-27-22(24)14-20(37(27)18-29(31,32)33)6-5-12-34-26-10-9-21(42(3,39)40)15-28(26)41-2/h4,7-10,14-15,19,23,25,34-35,38H,11-13,16-18H2,1-3H3/t19-,23-,25+/m0/s1. The second-order valence-corrected chi connectivity index (χ2v) is 12.4. The van der Waals surface area contributed by atoms with Crippen molar-refractivity contribution in [3.05, 3.63) is 48.2 Å². The molecular formula is C29H34F4N4O4S. The molecule has 0 spiro atoms. The van der Waals surface area contributed by atoms with E-state index in [1.54, 1.807) is 31.2 Å². The Bertz CT molecular complexity index is 1580. The number of aromatic nitrogens is 1. The first-order chi connectivity index (χ1) is 19.7. The smallest absolute Gasteiger partial charge is 0.406 e. The quantitative estimate of drug-likeness (QED) is 0.246. The number of β-amino-alcohol motifs (C(OH)–C–C–N with tert-alkyl or cyclic N) is 1. The molecule has 1 aliphatic rings. The largest absolute Gasteiger partial charge is 0.495 e. The molecule has 0 bridgehead atoms. The molecular weight excluding hydrogens is 576 g/mol. The molecule has 1 aromatic heterocycles. The molecule has 3 N–H and O–H groups in total. The monoisotopic (exact) mass is 610 g/mol. The number of alkyl halides is 4. The molecule has 0 radical (unpaired) electrons. The lowest BCUT2D eigenvalue weighted by Crippen LogP contribution is -2.49. The number of likely N-dealkylation sites (tertiary alicyclic amines) is 1. The highest BCUT2D eigenvalue weighted by Gasteiger charge is 2.32. The van der Waals surface area contributed by atoms with Crippen LogP contribution in [-0.2, 0) is 16.4 Å². The maximum Gasteiger partial charge on any atom is 0.406 e. The maximum atomic E-state index is 15.0. The minimum absolute atomic E-state index is 0.0434. The first-order valence-electron chi connectivity index (χ1n) is 13.4. The van der Waals surface area contributed by atoms with Crippen molar-refractivity contribution in [2.45, 2.75) is 49.3 Å². The molecule has 42 heavy (non-hydrogen) atoms. The van der Waals surface area contributed by atoms with Crippen molar-refractivity contribution in [3.63, 3.8) is 0 Å². The predicted octanol–water partition coefficient (Wildman–Crippen LogP) is 4.28. The highest BCUT2D eigenvalue weighted by Crippen LogP contribution is 2.32. The molecule has 228 valence electrons. The number of nitrogens with zero attached hydrogens (tertiary/aromatic N) is 2. The Morgan fingerprint density at radius 3 is 2.60 bits per heavy atom. The van der Waals surface area contributed by atoms with Crippen molar-refractivity contribution in [2.24, 2.45) is 0 Å². The maximum absolute atomic E-state index is 15.0. The number of hydrogen-bond donors (Lipinski definition) is 3. The van der Waals surface area contributed by atoms with Gasteiger partial charge in [-0.1, -0.05) is 12.0 Å². The van der Waals surface area contributed by atoms with Crippen LogP contribution in [0.1, 0.15) is 19.0 Å². The van der Waals surface area contributed by atoms with Crippen LogP contribution in [0.5, 0.6) is 5.75 Å². The Labute approximate surface area is 242 Å². The summed E-state index contributed by atoms with van der Waals surface area (Å²) < 4.78 is 85.7. The molecule has 0 saturated carbocycles. The molecule has 8 nitrogen and oxygen atoms in total. The Balaban J connectivity index is 1.57. The lowest BCUT2D eigenvalue weighted by atomic mass is 10.0. The highest BCUT2D eigenvalue weighted by atomic mass is 32.2. The normalized spacial score (nSPS) is 18.8. The third-order valence-corrected chi connectivity index (χ3v) is 8.07. The van der Waals surface area contributed by atoms with Gasteiger partial charge in [-0.25, -0.2) is 12.8 Å². The molecule has 3 atom stereocenters. The average molecular weight is 611 g/mol. The van der Waals surface area contributed by atoms with E-state index in [1.165, 1.54) is 25.3 Å². The Morgan fingerprint density at radius 2 is 1.95 bits per heavy atom. The SMILES string of the molecule is COc1cc(S(C)(=O)=O)ccc1NCC#Cc1cc2c(N[C@@H]3CCN(C[C@H](C)O)C[C@@H]3F)cccc2n1CC(F)(F)F. The fourth-order valence-corrected chi connectivity index (χ4v) is 5.69. The lowest BCUT2D eigenvalue weighted by molar-refractivity contribution is -0.140. The van der Waals surface area contributed by atoms with Gasteiger partial charge < -0.3 is 25.0 Å². The van der Waals surface area contributed by atoms with Gasteiger partial charge in [0.2, 0.25) is 0 Å². The third kappa shape index (κ3) is 7.87. The number of aliphatic hydroxyl groups is 1. The van der Waals surface area contributed by atoms with Gasteiger partial charge in [-0.2, -0.15) is 13.2 Å². The predicted molar refractivity (Wildman–Crippen MR) is 155 cm³/mol. The van der Waals surface area contributed by atoms with E-state index in [4.69, 9.17) is 4.74 Å². The zero-order valence-electron chi connectivity index (χ0n) is 23.5. The van der Waals surface area contributed by atoms with Crippen LogP contribution < -0.4 is 15.4 Å². The number of piperidine rings is 1. The van der Waals surface area contributed by atoms with Gasteiger partial charge in [-0.3, -0.25) is 4.90 Å². The molecule has 2 aromatic carbocycles. The topological polar surface area (TPSA) is 95.8 Å². The van der Waals surface area contributed by atoms with E-state index in [0.29, 0.717) is 41.8 Å². The van der Waals surface area contributed by atoms with Gasteiger partial charge in [0.15, 0.2) is 9.84 Å². The van der Waals surface area contributed by atoms with Crippen molar-refractivity contribution >= 4 is 32.1 Å². The highest BCUT2D eigenvalue weighted by molar-refractivity contribution is 7.90. The summed E-state index contributed by atoms with van der Waals surface area (Å²) in [5, 5.41) is 16.3. The van der Waals surface area contributed by atoms with E-state index >= 15 is 4.39 Å². The number of hydrogen-bond acceptors (Lipinski definition) is 7. The van der Waals surface area contributed by atoms with Gasteiger partial charge in [0.25, 0.3) is 0 Å². The number of aliphatic hydroxyl groups excluding tert-OH is 1. The van der Waals surface area contributed by atoms with E-state index in [0.717, 1.165) is 10.8 Å². The Morgan fingerprint density at radius 1 is 1.19 bits per heavy atom. The van der Waals surface area contributed by atoms with Crippen LogP contribution >= 0.6 is 0 Å². The van der Waals surface area contributed by atoms with Crippen LogP contribution in [-0.4, -0.2) is 87.0 Å². The first kappa shape index (κ1) is 31.5. The first-order valence-corrected chi connectivity index (χ1v) is 15.2. The molecule has 2 heterocycles. The number of anilines is 2. The van der Waals surface area contributed by atoms with E-state index in [2.05, 4.69) is 22.5 Å². The molecule has 3 aromatic rings. The molecule has 0 amide bonds. The number of sulfone groups is 1. The molecule has 4 rings (SSSR count). The van der Waals surface area contributed by atoms with Crippen LogP contribution in [0, 0.1) is 11.8 Å². The summed E-state index contributed by atoms with van der Waals surface area (Å²) in [6.45, 7) is 1.55. The minimum atomic E-state index is -4.50. The van der Waals surface area contributed by atoms with Gasteiger partial charge in [-0.05, 0) is 49.6 Å². The van der Waals surface area contributed by atoms with Gasteiger partial charge in [0.05, 0.1) is 47.6 Å². The average Bonchev–Trinajstić information content (AvgIpc) is 3.23. The van der Waals surface area contributed by atoms with E-state index in [-0.39, 0.29) is 29.4 Å². The van der Waals surface area contributed by atoms with Crippen LogP contribution in [0.15, 0.2) is 47.4 Å². The summed E-state index contributed by atoms with van der Waals surface area (Å²) in [5.74, 6) is 5.93. The summed E-state index contributed by atoms with van der Waals surface area (Å²) in [7, 11) is -2.04. The number of halogens is 4.